The minimum Gasteiger partial charge on any atom is -0.322 e. The van der Waals surface area contributed by atoms with Gasteiger partial charge in [0.2, 0.25) is 0 Å². The molecule has 120 valence electrons. The van der Waals surface area contributed by atoms with Gasteiger partial charge in [-0.2, -0.15) is 0 Å². The number of nitrogens with zero attached hydrogens (tertiary/aromatic N) is 1. The number of anilines is 1. The monoisotopic (exact) mass is 326 g/mol. The molecule has 1 aliphatic heterocycles. The van der Waals surface area contributed by atoms with Gasteiger partial charge in [-0.05, 0) is 74.1 Å². The van der Waals surface area contributed by atoms with Gasteiger partial charge in [0, 0.05) is 22.7 Å². The van der Waals surface area contributed by atoms with Crippen LogP contribution in [-0.4, -0.2) is 30.2 Å². The van der Waals surface area contributed by atoms with Crippen LogP contribution in [0.3, 0.4) is 0 Å². The molecular weight excluding hydrogens is 304 g/mol. The average molecular weight is 326 g/mol. The minimum absolute atomic E-state index is 0.0508. The molecule has 23 heavy (non-hydrogen) atoms. The van der Waals surface area contributed by atoms with E-state index >= 15 is 0 Å². The molecule has 0 aliphatic carbocycles. The maximum Gasteiger partial charge on any atom is 0.255 e. The Morgan fingerprint density at radius 1 is 1.13 bits per heavy atom. The first-order valence-electron chi connectivity index (χ1n) is 8.01. The molecule has 0 spiro atoms. The molecule has 1 aliphatic rings. The molecule has 1 fully saturated rings. The number of hydrogen-bond acceptors (Lipinski definition) is 3. The van der Waals surface area contributed by atoms with E-state index in [1.165, 1.54) is 23.3 Å². The SMILES string of the molecule is CSc1ccc(NC(=O)c2cccc(CN3CCCC3)c2)cc1. The van der Waals surface area contributed by atoms with Crippen molar-refractivity contribution >= 4 is 23.4 Å². The molecule has 0 unspecified atom stereocenters. The van der Waals surface area contributed by atoms with Gasteiger partial charge in [0.1, 0.15) is 0 Å². The summed E-state index contributed by atoms with van der Waals surface area (Å²) in [6.07, 6.45) is 4.61. The molecule has 1 saturated heterocycles. The predicted octanol–water partition coefficient (Wildman–Crippen LogP) is 4.26. The number of carbonyl (C=O) groups is 1. The van der Waals surface area contributed by atoms with Gasteiger partial charge in [-0.1, -0.05) is 12.1 Å². The Balaban J connectivity index is 1.66. The van der Waals surface area contributed by atoms with Crippen LogP contribution in [0, 0.1) is 0 Å². The lowest BCUT2D eigenvalue weighted by molar-refractivity contribution is 0.102. The molecule has 1 heterocycles. The molecular formula is C19H22N2OS. The molecule has 4 heteroatoms. The second-order valence-electron chi connectivity index (χ2n) is 5.87. The van der Waals surface area contributed by atoms with Crippen LogP contribution in [0.4, 0.5) is 5.69 Å². The largest absolute Gasteiger partial charge is 0.322 e. The highest BCUT2D eigenvalue weighted by atomic mass is 32.2. The number of amides is 1. The summed E-state index contributed by atoms with van der Waals surface area (Å²) in [6.45, 7) is 3.26. The fourth-order valence-corrected chi connectivity index (χ4v) is 3.30. The van der Waals surface area contributed by atoms with Crippen LogP contribution in [0.1, 0.15) is 28.8 Å². The number of likely N-dealkylation sites (tertiary alicyclic amines) is 1. The summed E-state index contributed by atoms with van der Waals surface area (Å²) in [5.74, 6) is -0.0508. The van der Waals surface area contributed by atoms with Crippen LogP contribution in [0.5, 0.6) is 0 Å². The van der Waals surface area contributed by atoms with Crippen molar-refractivity contribution in [2.75, 3.05) is 24.7 Å². The second-order valence-corrected chi connectivity index (χ2v) is 6.75. The van der Waals surface area contributed by atoms with Crippen molar-refractivity contribution in [1.82, 2.24) is 4.90 Å². The second kappa shape index (κ2) is 7.66. The molecule has 2 aromatic rings. The maximum absolute atomic E-state index is 12.4. The Morgan fingerprint density at radius 2 is 1.87 bits per heavy atom. The van der Waals surface area contributed by atoms with E-state index in [0.29, 0.717) is 0 Å². The number of benzene rings is 2. The molecule has 2 aromatic carbocycles. The van der Waals surface area contributed by atoms with E-state index in [1.54, 1.807) is 11.8 Å². The number of hydrogen-bond donors (Lipinski definition) is 1. The number of thioether (sulfide) groups is 1. The fraction of sp³-hybridized carbons (Fsp3) is 0.316. The molecule has 0 aromatic heterocycles. The Kier molecular flexibility index (Phi) is 5.36. The van der Waals surface area contributed by atoms with Crippen molar-refractivity contribution < 1.29 is 4.79 Å². The zero-order chi connectivity index (χ0) is 16.1. The highest BCUT2D eigenvalue weighted by molar-refractivity contribution is 7.98. The summed E-state index contributed by atoms with van der Waals surface area (Å²) in [6, 6.07) is 15.9. The molecule has 0 atom stereocenters. The summed E-state index contributed by atoms with van der Waals surface area (Å²) < 4.78 is 0. The van der Waals surface area contributed by atoms with Gasteiger partial charge >= 0.3 is 0 Å². The zero-order valence-electron chi connectivity index (χ0n) is 13.4. The summed E-state index contributed by atoms with van der Waals surface area (Å²) in [5, 5.41) is 2.97. The minimum atomic E-state index is -0.0508. The van der Waals surface area contributed by atoms with Crippen LogP contribution in [0.25, 0.3) is 0 Å². The smallest absolute Gasteiger partial charge is 0.255 e. The third-order valence-electron chi connectivity index (χ3n) is 4.14. The van der Waals surface area contributed by atoms with Gasteiger partial charge in [-0.3, -0.25) is 9.69 Å². The standard InChI is InChI=1S/C19H22N2OS/c1-23-18-9-7-17(8-10-18)20-19(22)16-6-4-5-15(13-16)14-21-11-2-3-12-21/h4-10,13H,2-3,11-12,14H2,1H3,(H,20,22). The van der Waals surface area contributed by atoms with Crippen LogP contribution in [-0.2, 0) is 6.54 Å². The molecule has 0 saturated carbocycles. The van der Waals surface area contributed by atoms with Crippen LogP contribution in [0.2, 0.25) is 0 Å². The lowest BCUT2D eigenvalue weighted by Crippen LogP contribution is -2.19. The molecule has 1 N–H and O–H groups in total. The first-order valence-corrected chi connectivity index (χ1v) is 9.24. The van der Waals surface area contributed by atoms with Crippen molar-refractivity contribution in [2.24, 2.45) is 0 Å². The van der Waals surface area contributed by atoms with E-state index in [9.17, 15) is 4.79 Å². The highest BCUT2D eigenvalue weighted by Crippen LogP contribution is 2.19. The lowest BCUT2D eigenvalue weighted by atomic mass is 10.1. The van der Waals surface area contributed by atoms with E-state index < -0.39 is 0 Å². The van der Waals surface area contributed by atoms with Crippen LogP contribution < -0.4 is 5.32 Å². The Hall–Kier alpha value is -1.78. The quantitative estimate of drug-likeness (QED) is 0.833. The van der Waals surface area contributed by atoms with Crippen molar-refractivity contribution in [1.29, 1.82) is 0 Å². The van der Waals surface area contributed by atoms with Crippen molar-refractivity contribution in [2.45, 2.75) is 24.3 Å². The summed E-state index contributed by atoms with van der Waals surface area (Å²) in [7, 11) is 0. The van der Waals surface area contributed by atoms with E-state index in [2.05, 4.69) is 16.3 Å². The Labute approximate surface area is 142 Å². The predicted molar refractivity (Wildman–Crippen MR) is 97.1 cm³/mol. The number of nitrogens with one attached hydrogen (secondary N) is 1. The number of rotatable bonds is 5. The van der Waals surface area contributed by atoms with Gasteiger partial charge in [0.15, 0.2) is 0 Å². The third kappa shape index (κ3) is 4.36. The van der Waals surface area contributed by atoms with Crippen molar-refractivity contribution in [3.63, 3.8) is 0 Å². The van der Waals surface area contributed by atoms with Crippen molar-refractivity contribution in [3.8, 4) is 0 Å². The van der Waals surface area contributed by atoms with Gasteiger partial charge in [0.05, 0.1) is 0 Å². The normalized spacial score (nSPS) is 14.8. The van der Waals surface area contributed by atoms with E-state index in [-0.39, 0.29) is 5.91 Å². The van der Waals surface area contributed by atoms with Gasteiger partial charge < -0.3 is 5.32 Å². The van der Waals surface area contributed by atoms with Crippen LogP contribution in [0.15, 0.2) is 53.4 Å². The molecule has 0 bridgehead atoms. The summed E-state index contributed by atoms with van der Waals surface area (Å²) in [5.41, 5.74) is 2.76. The van der Waals surface area contributed by atoms with Crippen LogP contribution >= 0.6 is 11.8 Å². The van der Waals surface area contributed by atoms with Crippen molar-refractivity contribution in [3.05, 3.63) is 59.7 Å². The Morgan fingerprint density at radius 3 is 2.57 bits per heavy atom. The fourth-order valence-electron chi connectivity index (χ4n) is 2.89. The van der Waals surface area contributed by atoms with Gasteiger partial charge in [0.25, 0.3) is 5.91 Å². The Bertz CT molecular complexity index is 663. The highest BCUT2D eigenvalue weighted by Gasteiger charge is 2.13. The zero-order valence-corrected chi connectivity index (χ0v) is 14.2. The lowest BCUT2D eigenvalue weighted by Gasteiger charge is -2.15. The van der Waals surface area contributed by atoms with Gasteiger partial charge in [-0.15, -0.1) is 11.8 Å². The van der Waals surface area contributed by atoms with E-state index in [0.717, 1.165) is 30.9 Å². The maximum atomic E-state index is 12.4. The summed E-state index contributed by atoms with van der Waals surface area (Å²) in [4.78, 5) is 16.1. The van der Waals surface area contributed by atoms with E-state index in [4.69, 9.17) is 0 Å². The summed E-state index contributed by atoms with van der Waals surface area (Å²) >= 11 is 1.69. The number of carbonyl (C=O) groups excluding carboxylic acids is 1. The third-order valence-corrected chi connectivity index (χ3v) is 4.89. The topological polar surface area (TPSA) is 32.3 Å². The van der Waals surface area contributed by atoms with Gasteiger partial charge in [-0.25, -0.2) is 0 Å². The molecule has 0 radical (unpaired) electrons. The first kappa shape index (κ1) is 16.1. The molecule has 3 nitrogen and oxygen atoms in total. The van der Waals surface area contributed by atoms with E-state index in [1.807, 2.05) is 48.7 Å². The first-order chi connectivity index (χ1) is 11.2. The molecule has 3 rings (SSSR count). The molecule has 1 amide bonds. The average Bonchev–Trinajstić information content (AvgIpc) is 3.09.